The SMILES string of the molecule is O=C(CC1C=CCC1)Nc1cccnc1-n1cccn1. The lowest BCUT2D eigenvalue weighted by atomic mass is 10.1. The van der Waals surface area contributed by atoms with Gasteiger partial charge in [-0.3, -0.25) is 4.79 Å². The van der Waals surface area contributed by atoms with Gasteiger partial charge in [-0.1, -0.05) is 12.2 Å². The Kier molecular flexibility index (Phi) is 3.58. The second-order valence-electron chi connectivity index (χ2n) is 4.84. The molecular weight excluding hydrogens is 252 g/mol. The van der Waals surface area contributed by atoms with Crippen molar-refractivity contribution in [3.63, 3.8) is 0 Å². The molecule has 2 heterocycles. The number of carbonyl (C=O) groups is 1. The predicted molar refractivity (Wildman–Crippen MR) is 76.5 cm³/mol. The van der Waals surface area contributed by atoms with Crippen LogP contribution in [-0.4, -0.2) is 20.7 Å². The van der Waals surface area contributed by atoms with Crippen LogP contribution < -0.4 is 5.32 Å². The molecule has 0 saturated carbocycles. The lowest BCUT2D eigenvalue weighted by Crippen LogP contribution is -2.16. The summed E-state index contributed by atoms with van der Waals surface area (Å²) in [5.74, 6) is 1.01. The maximum absolute atomic E-state index is 12.1. The zero-order valence-electron chi connectivity index (χ0n) is 11.1. The van der Waals surface area contributed by atoms with E-state index >= 15 is 0 Å². The minimum atomic E-state index is 0.0166. The first-order valence-corrected chi connectivity index (χ1v) is 6.74. The predicted octanol–water partition coefficient (Wildman–Crippen LogP) is 2.56. The van der Waals surface area contributed by atoms with Crippen LogP contribution in [0.4, 0.5) is 5.69 Å². The largest absolute Gasteiger partial charge is 0.323 e. The van der Waals surface area contributed by atoms with E-state index in [1.54, 1.807) is 29.3 Å². The third kappa shape index (κ3) is 2.77. The molecule has 1 atom stereocenters. The van der Waals surface area contributed by atoms with Crippen LogP contribution >= 0.6 is 0 Å². The van der Waals surface area contributed by atoms with Crippen molar-refractivity contribution in [2.75, 3.05) is 5.32 Å². The van der Waals surface area contributed by atoms with E-state index < -0.39 is 0 Å². The van der Waals surface area contributed by atoms with E-state index in [0.29, 0.717) is 23.8 Å². The fourth-order valence-corrected chi connectivity index (χ4v) is 2.38. The van der Waals surface area contributed by atoms with Crippen LogP contribution in [0.25, 0.3) is 5.82 Å². The summed E-state index contributed by atoms with van der Waals surface area (Å²) < 4.78 is 1.64. The molecule has 2 aromatic rings. The maximum atomic E-state index is 12.1. The summed E-state index contributed by atoms with van der Waals surface area (Å²) in [6, 6.07) is 5.47. The molecule has 0 aliphatic heterocycles. The van der Waals surface area contributed by atoms with Crippen molar-refractivity contribution in [1.82, 2.24) is 14.8 Å². The fourth-order valence-electron chi connectivity index (χ4n) is 2.38. The van der Waals surface area contributed by atoms with E-state index in [1.165, 1.54) is 0 Å². The number of pyridine rings is 1. The highest BCUT2D eigenvalue weighted by atomic mass is 16.1. The molecule has 0 radical (unpaired) electrons. The number of nitrogens with one attached hydrogen (secondary N) is 1. The number of allylic oxidation sites excluding steroid dienone is 2. The topological polar surface area (TPSA) is 59.8 Å². The summed E-state index contributed by atoms with van der Waals surface area (Å²) in [5, 5.41) is 7.08. The van der Waals surface area contributed by atoms with Crippen LogP contribution in [0.2, 0.25) is 0 Å². The first-order valence-electron chi connectivity index (χ1n) is 6.74. The van der Waals surface area contributed by atoms with Crippen LogP contribution in [0.1, 0.15) is 19.3 Å². The number of carbonyl (C=O) groups excluding carboxylic acids is 1. The van der Waals surface area contributed by atoms with Crippen LogP contribution in [0.3, 0.4) is 0 Å². The highest BCUT2D eigenvalue weighted by Crippen LogP contribution is 2.22. The third-order valence-corrected chi connectivity index (χ3v) is 3.34. The first-order chi connectivity index (χ1) is 9.83. The average Bonchev–Trinajstić information content (AvgIpc) is 3.11. The van der Waals surface area contributed by atoms with Gasteiger partial charge < -0.3 is 5.32 Å². The number of rotatable bonds is 4. The van der Waals surface area contributed by atoms with Gasteiger partial charge in [0, 0.05) is 25.0 Å². The van der Waals surface area contributed by atoms with E-state index in [-0.39, 0.29) is 5.91 Å². The Morgan fingerprint density at radius 1 is 1.40 bits per heavy atom. The molecular formula is C15H16N4O. The van der Waals surface area contributed by atoms with Crippen LogP contribution in [0.15, 0.2) is 48.9 Å². The molecule has 1 unspecified atom stereocenters. The number of nitrogens with zero attached hydrogens (tertiary/aromatic N) is 3. The van der Waals surface area contributed by atoms with Crippen molar-refractivity contribution in [3.8, 4) is 5.82 Å². The van der Waals surface area contributed by atoms with Gasteiger partial charge >= 0.3 is 0 Å². The Labute approximate surface area is 117 Å². The van der Waals surface area contributed by atoms with Crippen LogP contribution in [-0.2, 0) is 4.79 Å². The molecule has 2 aromatic heterocycles. The first kappa shape index (κ1) is 12.6. The molecule has 5 nitrogen and oxygen atoms in total. The monoisotopic (exact) mass is 268 g/mol. The Morgan fingerprint density at radius 3 is 3.10 bits per heavy atom. The van der Waals surface area contributed by atoms with Gasteiger partial charge in [0.1, 0.15) is 0 Å². The number of amides is 1. The summed E-state index contributed by atoms with van der Waals surface area (Å²) in [6.07, 6.45) is 12.1. The average molecular weight is 268 g/mol. The highest BCUT2D eigenvalue weighted by molar-refractivity contribution is 5.92. The Morgan fingerprint density at radius 2 is 2.35 bits per heavy atom. The van der Waals surface area contributed by atoms with E-state index in [1.807, 2.05) is 12.1 Å². The van der Waals surface area contributed by atoms with Crippen LogP contribution in [0, 0.1) is 5.92 Å². The van der Waals surface area contributed by atoms with E-state index in [4.69, 9.17) is 0 Å². The van der Waals surface area contributed by atoms with Gasteiger partial charge in [0.2, 0.25) is 5.91 Å². The lowest BCUT2D eigenvalue weighted by Gasteiger charge is -2.11. The molecule has 0 aromatic carbocycles. The van der Waals surface area contributed by atoms with Gasteiger partial charge in [-0.2, -0.15) is 5.10 Å². The van der Waals surface area contributed by atoms with Gasteiger partial charge in [0.05, 0.1) is 5.69 Å². The van der Waals surface area contributed by atoms with Gasteiger partial charge in [-0.05, 0) is 37.0 Å². The molecule has 3 rings (SSSR count). The standard InChI is InChI=1S/C15H16N4O/c20-14(11-12-5-1-2-6-12)18-13-7-3-8-16-15(13)19-10-4-9-17-19/h1,3-5,7-10,12H,2,6,11H2,(H,18,20). The number of hydrogen-bond acceptors (Lipinski definition) is 3. The second kappa shape index (κ2) is 5.69. The quantitative estimate of drug-likeness (QED) is 0.867. The number of anilines is 1. The van der Waals surface area contributed by atoms with E-state index in [0.717, 1.165) is 12.8 Å². The third-order valence-electron chi connectivity index (χ3n) is 3.34. The summed E-state index contributed by atoms with van der Waals surface area (Å²) in [7, 11) is 0. The molecule has 0 bridgehead atoms. The smallest absolute Gasteiger partial charge is 0.225 e. The lowest BCUT2D eigenvalue weighted by molar-refractivity contribution is -0.116. The summed E-state index contributed by atoms with van der Waals surface area (Å²) in [5.41, 5.74) is 0.683. The Bertz CT molecular complexity index is 619. The van der Waals surface area contributed by atoms with Gasteiger partial charge in [-0.25, -0.2) is 9.67 Å². The van der Waals surface area contributed by atoms with E-state index in [2.05, 4.69) is 27.6 Å². The van der Waals surface area contributed by atoms with E-state index in [9.17, 15) is 4.79 Å². The van der Waals surface area contributed by atoms with Crippen LogP contribution in [0.5, 0.6) is 0 Å². The van der Waals surface area contributed by atoms with Crippen molar-refractivity contribution >= 4 is 11.6 Å². The molecule has 0 spiro atoms. The zero-order valence-corrected chi connectivity index (χ0v) is 11.1. The molecule has 1 N–H and O–H groups in total. The Balaban J connectivity index is 1.74. The van der Waals surface area contributed by atoms with Crippen molar-refractivity contribution in [2.45, 2.75) is 19.3 Å². The molecule has 5 heteroatoms. The molecule has 1 amide bonds. The molecule has 20 heavy (non-hydrogen) atoms. The summed E-state index contributed by atoms with van der Waals surface area (Å²) in [6.45, 7) is 0. The normalized spacial score (nSPS) is 17.3. The summed E-state index contributed by atoms with van der Waals surface area (Å²) in [4.78, 5) is 16.4. The molecule has 0 saturated heterocycles. The highest BCUT2D eigenvalue weighted by Gasteiger charge is 2.15. The van der Waals surface area contributed by atoms with Crippen molar-refractivity contribution in [2.24, 2.45) is 5.92 Å². The second-order valence-corrected chi connectivity index (χ2v) is 4.84. The van der Waals surface area contributed by atoms with Crippen molar-refractivity contribution in [3.05, 3.63) is 48.9 Å². The van der Waals surface area contributed by atoms with Crippen molar-refractivity contribution < 1.29 is 4.79 Å². The number of aromatic nitrogens is 3. The minimum absolute atomic E-state index is 0.0166. The minimum Gasteiger partial charge on any atom is -0.323 e. The molecule has 1 aliphatic carbocycles. The molecule has 102 valence electrons. The van der Waals surface area contributed by atoms with Gasteiger partial charge in [0.15, 0.2) is 5.82 Å². The molecule has 0 fully saturated rings. The maximum Gasteiger partial charge on any atom is 0.225 e. The van der Waals surface area contributed by atoms with Gasteiger partial charge in [-0.15, -0.1) is 0 Å². The van der Waals surface area contributed by atoms with Gasteiger partial charge in [0.25, 0.3) is 0 Å². The van der Waals surface area contributed by atoms with Crippen molar-refractivity contribution in [1.29, 1.82) is 0 Å². The Hall–Kier alpha value is -2.43. The summed E-state index contributed by atoms with van der Waals surface area (Å²) >= 11 is 0. The molecule has 1 aliphatic rings. The fraction of sp³-hybridized carbons (Fsp3) is 0.267. The zero-order chi connectivity index (χ0) is 13.8. The number of hydrogen-bond donors (Lipinski definition) is 1.